The van der Waals surface area contributed by atoms with Crippen LogP contribution in [0.5, 0.6) is 0 Å². The van der Waals surface area contributed by atoms with E-state index in [1.54, 1.807) is 6.92 Å². The van der Waals surface area contributed by atoms with Crippen LogP contribution in [0.2, 0.25) is 0 Å². The first-order valence-corrected chi connectivity index (χ1v) is 5.66. The zero-order valence-corrected chi connectivity index (χ0v) is 10.4. The molecule has 1 heterocycles. The van der Waals surface area contributed by atoms with Crippen molar-refractivity contribution in [1.82, 2.24) is 14.8 Å². The van der Waals surface area contributed by atoms with Crippen molar-refractivity contribution >= 4 is 5.69 Å². The van der Waals surface area contributed by atoms with E-state index in [9.17, 15) is 18.9 Å². The highest BCUT2D eigenvalue weighted by atomic mass is 19.2. The number of aliphatic hydroxyl groups is 1. The van der Waals surface area contributed by atoms with Gasteiger partial charge in [0.05, 0.1) is 11.0 Å². The van der Waals surface area contributed by atoms with Crippen molar-refractivity contribution in [1.29, 1.82) is 0 Å². The van der Waals surface area contributed by atoms with Gasteiger partial charge in [0.15, 0.2) is 23.3 Å². The SMILES string of the molecule is CCn1c(CO)nnc1-c1cc(F)c(F)cc1[N+](=O)[O-]. The lowest BCUT2D eigenvalue weighted by atomic mass is 10.1. The molecular formula is C11H10F2N4O3. The summed E-state index contributed by atoms with van der Waals surface area (Å²) in [5, 5.41) is 27.4. The second-order valence-corrected chi connectivity index (χ2v) is 3.88. The van der Waals surface area contributed by atoms with Gasteiger partial charge in [-0.05, 0) is 13.0 Å². The van der Waals surface area contributed by atoms with Crippen LogP contribution in [0.3, 0.4) is 0 Å². The lowest BCUT2D eigenvalue weighted by molar-refractivity contribution is -0.384. The Bertz CT molecular complexity index is 672. The molecule has 1 N–H and O–H groups in total. The summed E-state index contributed by atoms with van der Waals surface area (Å²) >= 11 is 0. The van der Waals surface area contributed by atoms with Crippen molar-refractivity contribution in [3.05, 3.63) is 39.7 Å². The highest BCUT2D eigenvalue weighted by Crippen LogP contribution is 2.31. The minimum Gasteiger partial charge on any atom is -0.388 e. The summed E-state index contributed by atoms with van der Waals surface area (Å²) in [6, 6.07) is 1.20. The van der Waals surface area contributed by atoms with Gasteiger partial charge in [0.1, 0.15) is 12.2 Å². The van der Waals surface area contributed by atoms with E-state index in [0.29, 0.717) is 18.7 Å². The summed E-state index contributed by atoms with van der Waals surface area (Å²) in [5.74, 6) is -2.35. The monoisotopic (exact) mass is 284 g/mol. The number of aromatic nitrogens is 3. The van der Waals surface area contributed by atoms with Gasteiger partial charge in [0.2, 0.25) is 0 Å². The van der Waals surface area contributed by atoms with E-state index in [4.69, 9.17) is 5.11 Å². The molecule has 9 heteroatoms. The third kappa shape index (κ3) is 2.23. The van der Waals surface area contributed by atoms with Gasteiger partial charge >= 0.3 is 0 Å². The Morgan fingerprint density at radius 1 is 1.35 bits per heavy atom. The highest BCUT2D eigenvalue weighted by Gasteiger charge is 2.24. The van der Waals surface area contributed by atoms with Crippen LogP contribution >= 0.6 is 0 Å². The van der Waals surface area contributed by atoms with E-state index >= 15 is 0 Å². The maximum atomic E-state index is 13.3. The maximum absolute atomic E-state index is 13.3. The van der Waals surface area contributed by atoms with Gasteiger partial charge in [-0.1, -0.05) is 0 Å². The number of halogens is 2. The van der Waals surface area contributed by atoms with Crippen LogP contribution in [0.25, 0.3) is 11.4 Å². The third-order valence-corrected chi connectivity index (χ3v) is 2.76. The molecule has 1 aromatic heterocycles. The number of hydrogen-bond donors (Lipinski definition) is 1. The molecule has 0 saturated heterocycles. The Balaban J connectivity index is 2.71. The van der Waals surface area contributed by atoms with Gasteiger partial charge in [-0.25, -0.2) is 8.78 Å². The zero-order valence-electron chi connectivity index (χ0n) is 10.4. The molecule has 0 unspecified atom stereocenters. The fourth-order valence-corrected chi connectivity index (χ4v) is 1.85. The summed E-state index contributed by atoms with van der Waals surface area (Å²) in [5.41, 5.74) is -0.807. The molecule has 20 heavy (non-hydrogen) atoms. The predicted molar refractivity (Wildman–Crippen MR) is 63.6 cm³/mol. The number of nitro benzene ring substituents is 1. The van der Waals surface area contributed by atoms with Gasteiger partial charge in [0.25, 0.3) is 5.69 Å². The average Bonchev–Trinajstić information content (AvgIpc) is 2.83. The van der Waals surface area contributed by atoms with Crippen LogP contribution in [-0.2, 0) is 13.2 Å². The van der Waals surface area contributed by atoms with E-state index in [0.717, 1.165) is 0 Å². The molecular weight excluding hydrogens is 274 g/mol. The van der Waals surface area contributed by atoms with Crippen molar-refractivity contribution in [3.63, 3.8) is 0 Å². The molecule has 0 fully saturated rings. The molecule has 0 amide bonds. The molecule has 2 rings (SSSR count). The smallest absolute Gasteiger partial charge is 0.283 e. The second kappa shape index (κ2) is 5.29. The molecule has 7 nitrogen and oxygen atoms in total. The first-order chi connectivity index (χ1) is 9.49. The summed E-state index contributed by atoms with van der Waals surface area (Å²) < 4.78 is 27.8. The summed E-state index contributed by atoms with van der Waals surface area (Å²) in [7, 11) is 0. The molecule has 0 aliphatic heterocycles. The van der Waals surface area contributed by atoms with Gasteiger partial charge in [-0.15, -0.1) is 10.2 Å². The fraction of sp³-hybridized carbons (Fsp3) is 0.273. The van der Waals surface area contributed by atoms with Crippen LogP contribution in [0.4, 0.5) is 14.5 Å². The molecule has 0 saturated carbocycles. The molecule has 0 spiro atoms. The van der Waals surface area contributed by atoms with Crippen LogP contribution in [0, 0.1) is 21.7 Å². The van der Waals surface area contributed by atoms with Gasteiger partial charge in [-0.3, -0.25) is 10.1 Å². The van der Waals surface area contributed by atoms with Crippen LogP contribution in [0.1, 0.15) is 12.7 Å². The third-order valence-electron chi connectivity index (χ3n) is 2.76. The number of nitro groups is 1. The van der Waals surface area contributed by atoms with Crippen molar-refractivity contribution in [3.8, 4) is 11.4 Å². The Morgan fingerprint density at radius 3 is 2.55 bits per heavy atom. The first-order valence-electron chi connectivity index (χ1n) is 5.66. The van der Waals surface area contributed by atoms with E-state index < -0.39 is 28.9 Å². The molecule has 0 atom stereocenters. The second-order valence-electron chi connectivity index (χ2n) is 3.88. The molecule has 0 radical (unpaired) electrons. The largest absolute Gasteiger partial charge is 0.388 e. The van der Waals surface area contributed by atoms with E-state index in [1.165, 1.54) is 4.57 Å². The summed E-state index contributed by atoms with van der Waals surface area (Å²) in [4.78, 5) is 10.1. The van der Waals surface area contributed by atoms with Crippen molar-refractivity contribution in [2.24, 2.45) is 0 Å². The highest BCUT2D eigenvalue weighted by molar-refractivity contribution is 5.68. The normalized spacial score (nSPS) is 10.8. The summed E-state index contributed by atoms with van der Waals surface area (Å²) in [6.07, 6.45) is 0. The Kier molecular flexibility index (Phi) is 3.70. The van der Waals surface area contributed by atoms with Crippen molar-refractivity contribution < 1.29 is 18.8 Å². The van der Waals surface area contributed by atoms with E-state index in [-0.39, 0.29) is 17.2 Å². The maximum Gasteiger partial charge on any atom is 0.283 e. The van der Waals surface area contributed by atoms with Crippen molar-refractivity contribution in [2.45, 2.75) is 20.1 Å². The summed E-state index contributed by atoms with van der Waals surface area (Å²) in [6.45, 7) is 1.60. The number of nitrogens with zero attached hydrogens (tertiary/aromatic N) is 4. The standard InChI is InChI=1S/C11H10F2N4O3/c1-2-16-10(5-18)14-15-11(16)6-3-7(12)8(13)4-9(6)17(19)20/h3-4,18H,2,5H2,1H3. The minimum atomic E-state index is -1.31. The average molecular weight is 284 g/mol. The first kappa shape index (κ1) is 14.0. The van der Waals surface area contributed by atoms with Crippen LogP contribution < -0.4 is 0 Å². The number of benzene rings is 1. The quantitative estimate of drug-likeness (QED) is 0.680. The predicted octanol–water partition coefficient (Wildman–Crippen LogP) is 1.64. The minimum absolute atomic E-state index is 0.00199. The van der Waals surface area contributed by atoms with Gasteiger partial charge in [0, 0.05) is 6.54 Å². The molecule has 0 aliphatic rings. The lowest BCUT2D eigenvalue weighted by Crippen LogP contribution is -2.05. The fourth-order valence-electron chi connectivity index (χ4n) is 1.85. The van der Waals surface area contributed by atoms with Crippen LogP contribution in [-0.4, -0.2) is 24.8 Å². The van der Waals surface area contributed by atoms with Gasteiger partial charge < -0.3 is 9.67 Å². The molecule has 0 bridgehead atoms. The Labute approximate surface area is 111 Å². The molecule has 106 valence electrons. The lowest BCUT2D eigenvalue weighted by Gasteiger charge is -2.07. The topological polar surface area (TPSA) is 94.1 Å². The number of aliphatic hydroxyl groups excluding tert-OH is 1. The number of hydrogen-bond acceptors (Lipinski definition) is 5. The Morgan fingerprint density at radius 2 is 2.00 bits per heavy atom. The van der Waals surface area contributed by atoms with Gasteiger partial charge in [-0.2, -0.15) is 0 Å². The zero-order chi connectivity index (χ0) is 14.9. The molecule has 0 aliphatic carbocycles. The molecule has 1 aromatic carbocycles. The van der Waals surface area contributed by atoms with Crippen LogP contribution in [0.15, 0.2) is 12.1 Å². The number of rotatable bonds is 4. The van der Waals surface area contributed by atoms with E-state index in [1.807, 2.05) is 0 Å². The van der Waals surface area contributed by atoms with E-state index in [2.05, 4.69) is 10.2 Å². The molecule has 2 aromatic rings. The Hall–Kier alpha value is -2.42. The van der Waals surface area contributed by atoms with Crippen molar-refractivity contribution in [2.75, 3.05) is 0 Å².